The second-order valence-electron chi connectivity index (χ2n) is 5.79. The van der Waals surface area contributed by atoms with Gasteiger partial charge in [-0.05, 0) is 34.2 Å². The van der Waals surface area contributed by atoms with Crippen LogP contribution in [0.25, 0.3) is 0 Å². The molecular weight excluding hydrogens is 303 g/mol. The zero-order valence-electron chi connectivity index (χ0n) is 11.5. The van der Waals surface area contributed by atoms with E-state index < -0.39 is 0 Å². The third kappa shape index (κ3) is 3.44. The van der Waals surface area contributed by atoms with Gasteiger partial charge in [-0.3, -0.25) is 0 Å². The Balaban J connectivity index is 2.25. The van der Waals surface area contributed by atoms with E-state index in [-0.39, 0.29) is 16.1 Å². The second-order valence-corrected chi connectivity index (χ2v) is 6.70. The van der Waals surface area contributed by atoms with Crippen molar-refractivity contribution in [3.8, 4) is 0 Å². The summed E-state index contributed by atoms with van der Waals surface area (Å²) < 4.78 is 12.9. The molecule has 0 aromatic heterocycles. The van der Waals surface area contributed by atoms with E-state index in [1.54, 1.807) is 0 Å². The lowest BCUT2D eigenvalue weighted by Crippen LogP contribution is -2.10. The van der Waals surface area contributed by atoms with Crippen molar-refractivity contribution in [2.45, 2.75) is 31.0 Å². The lowest BCUT2D eigenvalue weighted by Gasteiger charge is -2.20. The molecule has 2 rings (SSSR count). The Morgan fingerprint density at radius 2 is 1.26 bits per heavy atom. The highest BCUT2D eigenvalue weighted by molar-refractivity contribution is 9.09. The zero-order chi connectivity index (χ0) is 14.0. The molecule has 0 amide bonds. The molecule has 0 heterocycles. The van der Waals surface area contributed by atoms with E-state index >= 15 is 0 Å². The second kappa shape index (κ2) is 5.46. The third-order valence-electron chi connectivity index (χ3n) is 3.23. The summed E-state index contributed by atoms with van der Waals surface area (Å²) in [6.45, 7) is 6.61. The van der Waals surface area contributed by atoms with Crippen LogP contribution in [0.15, 0.2) is 48.5 Å². The van der Waals surface area contributed by atoms with Crippen LogP contribution in [0, 0.1) is 5.82 Å². The normalized spacial score (nSPS) is 13.3. The van der Waals surface area contributed by atoms with Gasteiger partial charge in [0.25, 0.3) is 0 Å². The molecule has 0 spiro atoms. The Bertz CT molecular complexity index is 535. The molecule has 2 aromatic rings. The predicted octanol–water partition coefficient (Wildman–Crippen LogP) is 5.61. The molecule has 0 radical (unpaired) electrons. The first-order valence-corrected chi connectivity index (χ1v) is 7.29. The summed E-state index contributed by atoms with van der Waals surface area (Å²) in [6.07, 6.45) is 0. The minimum absolute atomic E-state index is 0.0992. The summed E-state index contributed by atoms with van der Waals surface area (Å²) in [5, 5.41) is 0. The molecule has 2 heteroatoms. The largest absolute Gasteiger partial charge is 0.207 e. The van der Waals surface area contributed by atoms with Crippen molar-refractivity contribution < 1.29 is 4.39 Å². The van der Waals surface area contributed by atoms with Crippen molar-refractivity contribution >= 4 is 15.9 Å². The molecule has 0 fully saturated rings. The van der Waals surface area contributed by atoms with Crippen LogP contribution < -0.4 is 0 Å². The zero-order valence-corrected chi connectivity index (χ0v) is 13.0. The molecule has 0 aliphatic rings. The molecule has 0 aliphatic heterocycles. The maximum Gasteiger partial charge on any atom is 0.123 e. The summed E-state index contributed by atoms with van der Waals surface area (Å²) >= 11 is 3.67. The Hall–Kier alpha value is -1.15. The molecule has 0 bridgehead atoms. The summed E-state index contributed by atoms with van der Waals surface area (Å²) in [5.74, 6) is -0.202. The SMILES string of the molecule is CC(C)(C)c1ccc(C(Br)c2ccc(F)cc2)cc1. The van der Waals surface area contributed by atoms with Gasteiger partial charge >= 0.3 is 0 Å². The summed E-state index contributed by atoms with van der Waals surface area (Å²) in [6, 6.07) is 15.2. The van der Waals surface area contributed by atoms with Gasteiger partial charge in [-0.25, -0.2) is 4.39 Å². The summed E-state index contributed by atoms with van der Waals surface area (Å²) in [4.78, 5) is 0.0992. The van der Waals surface area contributed by atoms with Crippen LogP contribution in [0.5, 0.6) is 0 Å². The minimum atomic E-state index is -0.202. The Kier molecular flexibility index (Phi) is 4.10. The topological polar surface area (TPSA) is 0 Å². The Labute approximate surface area is 122 Å². The third-order valence-corrected chi connectivity index (χ3v) is 4.29. The van der Waals surface area contributed by atoms with Crippen molar-refractivity contribution in [2.24, 2.45) is 0 Å². The van der Waals surface area contributed by atoms with Gasteiger partial charge in [0.15, 0.2) is 0 Å². The maximum absolute atomic E-state index is 12.9. The number of hydrogen-bond donors (Lipinski definition) is 0. The molecule has 0 nitrogen and oxygen atoms in total. The van der Waals surface area contributed by atoms with Gasteiger partial charge in [-0.2, -0.15) is 0 Å². The molecule has 1 atom stereocenters. The average Bonchev–Trinajstić information content (AvgIpc) is 2.38. The highest BCUT2D eigenvalue weighted by Crippen LogP contribution is 2.32. The van der Waals surface area contributed by atoms with Gasteiger partial charge in [0, 0.05) is 0 Å². The van der Waals surface area contributed by atoms with E-state index in [0.717, 1.165) is 5.56 Å². The van der Waals surface area contributed by atoms with Gasteiger partial charge in [0.2, 0.25) is 0 Å². The maximum atomic E-state index is 12.9. The number of rotatable bonds is 2. The van der Waals surface area contributed by atoms with Gasteiger partial charge in [-0.1, -0.05) is 73.1 Å². The number of halogens is 2. The fourth-order valence-electron chi connectivity index (χ4n) is 1.98. The number of alkyl halides is 1. The lowest BCUT2D eigenvalue weighted by atomic mass is 9.86. The van der Waals surface area contributed by atoms with Crippen LogP contribution in [0.4, 0.5) is 4.39 Å². The van der Waals surface area contributed by atoms with Crippen LogP contribution in [-0.4, -0.2) is 0 Å². The average molecular weight is 321 g/mol. The predicted molar refractivity (Wildman–Crippen MR) is 82.3 cm³/mol. The van der Waals surface area contributed by atoms with Crippen LogP contribution in [0.2, 0.25) is 0 Å². The fourth-order valence-corrected chi connectivity index (χ4v) is 2.59. The molecule has 19 heavy (non-hydrogen) atoms. The Morgan fingerprint density at radius 3 is 1.68 bits per heavy atom. The molecule has 0 saturated carbocycles. The standard InChI is InChI=1S/C17H18BrF/c1-17(2,3)14-8-4-12(5-9-14)16(18)13-6-10-15(19)11-7-13/h4-11,16H,1-3H3. The summed E-state index contributed by atoms with van der Waals surface area (Å²) in [5.41, 5.74) is 3.72. The van der Waals surface area contributed by atoms with Crippen molar-refractivity contribution in [2.75, 3.05) is 0 Å². The fraction of sp³-hybridized carbons (Fsp3) is 0.294. The van der Waals surface area contributed by atoms with E-state index in [9.17, 15) is 4.39 Å². The van der Waals surface area contributed by atoms with Gasteiger partial charge in [0.1, 0.15) is 5.82 Å². The van der Waals surface area contributed by atoms with E-state index in [1.807, 2.05) is 12.1 Å². The van der Waals surface area contributed by atoms with Crippen LogP contribution in [0.3, 0.4) is 0 Å². The summed E-state index contributed by atoms with van der Waals surface area (Å²) in [7, 11) is 0. The smallest absolute Gasteiger partial charge is 0.123 e. The molecule has 0 N–H and O–H groups in total. The van der Waals surface area contributed by atoms with E-state index in [1.165, 1.54) is 23.3 Å². The molecule has 1 unspecified atom stereocenters. The van der Waals surface area contributed by atoms with Crippen molar-refractivity contribution in [3.63, 3.8) is 0 Å². The number of benzene rings is 2. The van der Waals surface area contributed by atoms with Crippen LogP contribution in [0.1, 0.15) is 42.3 Å². The Morgan fingerprint density at radius 1 is 0.842 bits per heavy atom. The van der Waals surface area contributed by atoms with E-state index in [0.29, 0.717) is 0 Å². The van der Waals surface area contributed by atoms with Gasteiger partial charge in [0.05, 0.1) is 4.83 Å². The molecular formula is C17H18BrF. The van der Waals surface area contributed by atoms with Gasteiger partial charge < -0.3 is 0 Å². The lowest BCUT2D eigenvalue weighted by molar-refractivity contribution is 0.590. The number of hydrogen-bond acceptors (Lipinski definition) is 0. The monoisotopic (exact) mass is 320 g/mol. The van der Waals surface area contributed by atoms with Crippen molar-refractivity contribution in [3.05, 3.63) is 71.0 Å². The first-order chi connectivity index (χ1) is 8.88. The van der Waals surface area contributed by atoms with E-state index in [2.05, 4.69) is 61.0 Å². The first kappa shape index (κ1) is 14.3. The first-order valence-electron chi connectivity index (χ1n) is 6.38. The quantitative estimate of drug-likeness (QED) is 0.631. The molecule has 2 aromatic carbocycles. The van der Waals surface area contributed by atoms with Crippen LogP contribution >= 0.6 is 15.9 Å². The highest BCUT2D eigenvalue weighted by atomic mass is 79.9. The molecule has 0 saturated heterocycles. The van der Waals surface area contributed by atoms with Crippen LogP contribution in [-0.2, 0) is 5.41 Å². The molecule has 100 valence electrons. The van der Waals surface area contributed by atoms with Crippen molar-refractivity contribution in [1.82, 2.24) is 0 Å². The molecule has 0 aliphatic carbocycles. The van der Waals surface area contributed by atoms with E-state index in [4.69, 9.17) is 0 Å². The van der Waals surface area contributed by atoms with Crippen molar-refractivity contribution in [1.29, 1.82) is 0 Å². The highest BCUT2D eigenvalue weighted by Gasteiger charge is 2.15. The minimum Gasteiger partial charge on any atom is -0.207 e. The van der Waals surface area contributed by atoms with Gasteiger partial charge in [-0.15, -0.1) is 0 Å².